The van der Waals surface area contributed by atoms with Crippen LogP contribution in [0.3, 0.4) is 0 Å². The largest absolute Gasteiger partial charge is 0.481 e. The molecule has 0 saturated carbocycles. The van der Waals surface area contributed by atoms with Crippen LogP contribution in [-0.4, -0.2) is 54.4 Å². The second-order valence-corrected chi connectivity index (χ2v) is 9.81. The predicted octanol–water partition coefficient (Wildman–Crippen LogP) is 4.49. The summed E-state index contributed by atoms with van der Waals surface area (Å²) in [6.07, 6.45) is 6.09. The van der Waals surface area contributed by atoms with Crippen molar-refractivity contribution in [3.8, 4) is 5.75 Å². The topological polar surface area (TPSA) is 49.9 Å². The summed E-state index contributed by atoms with van der Waals surface area (Å²) in [6, 6.07) is 18.0. The van der Waals surface area contributed by atoms with Crippen LogP contribution in [0.5, 0.6) is 5.75 Å². The number of hydrogen-bond donors (Lipinski definition) is 0. The van der Waals surface area contributed by atoms with E-state index in [-0.39, 0.29) is 17.2 Å². The zero-order valence-corrected chi connectivity index (χ0v) is 20.0. The van der Waals surface area contributed by atoms with Gasteiger partial charge in [-0.25, -0.2) is 0 Å². The lowest BCUT2D eigenvalue weighted by molar-refractivity contribution is -0.140. The number of rotatable bonds is 2. The monoisotopic (exact) mass is 448 g/mol. The van der Waals surface area contributed by atoms with Crippen LogP contribution in [0, 0.1) is 5.41 Å². The Hall–Kier alpha value is -2.82. The molecule has 1 atom stereocenters. The quantitative estimate of drug-likeness (QED) is 0.680. The number of aryl methyl sites for hydroxylation is 1. The number of likely N-dealkylation sites (tertiary alicyclic amines) is 1. The number of fused-ring (bicyclic) bond motifs is 1. The summed E-state index contributed by atoms with van der Waals surface area (Å²) in [7, 11) is 1.90. The third kappa shape index (κ3) is 5.76. The van der Waals surface area contributed by atoms with Gasteiger partial charge in [0.2, 0.25) is 5.91 Å². The molecule has 4 rings (SSSR count). The molecular formula is C28H36N2O3. The summed E-state index contributed by atoms with van der Waals surface area (Å²) in [4.78, 5) is 29.8. The van der Waals surface area contributed by atoms with Gasteiger partial charge in [0.15, 0.2) is 6.10 Å². The second-order valence-electron chi connectivity index (χ2n) is 9.81. The second kappa shape index (κ2) is 10.4. The SMILES string of the molecule is C[C@H]1Oc2ccccc2CCCCC2(CCN(C(=O)Cc3ccccc3)CC2)CN(C)C1=O. The highest BCUT2D eigenvalue weighted by Gasteiger charge is 2.38. The van der Waals surface area contributed by atoms with Crippen LogP contribution in [0.1, 0.15) is 50.2 Å². The number of carbonyl (C=O) groups excluding carboxylic acids is 2. The number of likely N-dealkylation sites (N-methyl/N-ethyl adjacent to an activating group) is 1. The van der Waals surface area contributed by atoms with Gasteiger partial charge in [0, 0.05) is 26.7 Å². The number of carbonyl (C=O) groups is 2. The number of nitrogens with zero attached hydrogens (tertiary/aromatic N) is 2. The Labute approximate surface area is 197 Å². The lowest BCUT2D eigenvalue weighted by Crippen LogP contribution is -2.50. The molecule has 2 heterocycles. The van der Waals surface area contributed by atoms with Crippen LogP contribution in [0.15, 0.2) is 54.6 Å². The Morgan fingerprint density at radius 3 is 2.45 bits per heavy atom. The van der Waals surface area contributed by atoms with Crippen molar-refractivity contribution < 1.29 is 14.3 Å². The van der Waals surface area contributed by atoms with Crippen molar-refractivity contribution in [2.75, 3.05) is 26.7 Å². The van der Waals surface area contributed by atoms with E-state index in [4.69, 9.17) is 4.74 Å². The number of amides is 2. The van der Waals surface area contributed by atoms with Gasteiger partial charge in [-0.1, -0.05) is 55.0 Å². The molecule has 2 aliphatic heterocycles. The molecule has 0 aliphatic carbocycles. The highest BCUT2D eigenvalue weighted by atomic mass is 16.5. The van der Waals surface area contributed by atoms with E-state index in [1.807, 2.05) is 72.3 Å². The summed E-state index contributed by atoms with van der Waals surface area (Å²) < 4.78 is 6.09. The van der Waals surface area contributed by atoms with Gasteiger partial charge in [-0.15, -0.1) is 0 Å². The zero-order valence-electron chi connectivity index (χ0n) is 20.0. The first-order chi connectivity index (χ1) is 16.0. The highest BCUT2D eigenvalue weighted by molar-refractivity contribution is 5.81. The number of hydrogen-bond acceptors (Lipinski definition) is 3. The normalized spacial score (nSPS) is 21.5. The molecule has 5 heteroatoms. The van der Waals surface area contributed by atoms with Crippen molar-refractivity contribution in [3.63, 3.8) is 0 Å². The van der Waals surface area contributed by atoms with Crippen molar-refractivity contribution in [1.82, 2.24) is 9.80 Å². The van der Waals surface area contributed by atoms with Crippen molar-refractivity contribution in [3.05, 3.63) is 65.7 Å². The van der Waals surface area contributed by atoms with E-state index in [9.17, 15) is 9.59 Å². The van der Waals surface area contributed by atoms with Gasteiger partial charge in [-0.3, -0.25) is 9.59 Å². The first-order valence-corrected chi connectivity index (χ1v) is 12.3. The molecule has 1 fully saturated rings. The summed E-state index contributed by atoms with van der Waals surface area (Å²) in [5, 5.41) is 0. The van der Waals surface area contributed by atoms with E-state index in [1.165, 1.54) is 5.56 Å². The maximum atomic E-state index is 13.1. The van der Waals surface area contributed by atoms with Gasteiger partial charge in [0.25, 0.3) is 5.91 Å². The van der Waals surface area contributed by atoms with Crippen molar-refractivity contribution in [1.29, 1.82) is 0 Å². The fraction of sp³-hybridized carbons (Fsp3) is 0.500. The van der Waals surface area contributed by atoms with Gasteiger partial charge in [0.05, 0.1) is 6.42 Å². The first-order valence-electron chi connectivity index (χ1n) is 12.3. The van der Waals surface area contributed by atoms with E-state index < -0.39 is 6.10 Å². The molecule has 0 N–H and O–H groups in total. The van der Waals surface area contributed by atoms with Gasteiger partial charge in [0.1, 0.15) is 5.75 Å². The van der Waals surface area contributed by atoms with Crippen LogP contribution >= 0.6 is 0 Å². The van der Waals surface area contributed by atoms with Crippen molar-refractivity contribution >= 4 is 11.8 Å². The summed E-state index contributed by atoms with van der Waals surface area (Å²) >= 11 is 0. The van der Waals surface area contributed by atoms with E-state index >= 15 is 0 Å². The molecule has 1 spiro atoms. The van der Waals surface area contributed by atoms with Gasteiger partial charge in [-0.05, 0) is 61.6 Å². The van der Waals surface area contributed by atoms with E-state index in [1.54, 1.807) is 0 Å². The summed E-state index contributed by atoms with van der Waals surface area (Å²) in [6.45, 7) is 4.10. The molecule has 5 nitrogen and oxygen atoms in total. The fourth-order valence-corrected chi connectivity index (χ4v) is 5.37. The van der Waals surface area contributed by atoms with E-state index in [0.717, 1.165) is 69.5 Å². The maximum Gasteiger partial charge on any atom is 0.263 e. The Kier molecular flexibility index (Phi) is 7.36. The van der Waals surface area contributed by atoms with Crippen LogP contribution in [-0.2, 0) is 22.4 Å². The Morgan fingerprint density at radius 1 is 1.00 bits per heavy atom. The average Bonchev–Trinajstić information content (AvgIpc) is 2.82. The van der Waals surface area contributed by atoms with E-state index in [0.29, 0.717) is 6.42 Å². The van der Waals surface area contributed by atoms with Crippen LogP contribution < -0.4 is 4.74 Å². The lowest BCUT2D eigenvalue weighted by Gasteiger charge is -2.44. The lowest BCUT2D eigenvalue weighted by atomic mass is 9.73. The van der Waals surface area contributed by atoms with Gasteiger partial charge >= 0.3 is 0 Å². The predicted molar refractivity (Wildman–Crippen MR) is 130 cm³/mol. The van der Waals surface area contributed by atoms with E-state index in [2.05, 4.69) is 6.07 Å². The van der Waals surface area contributed by atoms with Crippen LogP contribution in [0.25, 0.3) is 0 Å². The maximum absolute atomic E-state index is 13.1. The van der Waals surface area contributed by atoms with Gasteiger partial charge in [-0.2, -0.15) is 0 Å². The minimum absolute atomic E-state index is 0.0207. The third-order valence-corrected chi connectivity index (χ3v) is 7.35. The Balaban J connectivity index is 1.43. The minimum Gasteiger partial charge on any atom is -0.481 e. The number of ether oxygens (including phenoxy) is 1. The molecule has 2 aromatic carbocycles. The Morgan fingerprint density at radius 2 is 1.70 bits per heavy atom. The van der Waals surface area contributed by atoms with Crippen LogP contribution in [0.4, 0.5) is 0 Å². The van der Waals surface area contributed by atoms with Gasteiger partial charge < -0.3 is 14.5 Å². The third-order valence-electron chi connectivity index (χ3n) is 7.35. The molecule has 2 amide bonds. The standard InChI is InChI=1S/C28H36N2O3/c1-22-27(32)29(2)21-28(15-9-8-13-24-12-6-7-14-25(24)33-22)16-18-30(19-17-28)26(31)20-23-10-4-3-5-11-23/h3-7,10-12,14,22H,8-9,13,15-21H2,1-2H3/t22-/m1/s1. The van der Waals surface area contributed by atoms with Crippen molar-refractivity contribution in [2.45, 2.75) is 58.0 Å². The molecular weight excluding hydrogens is 412 g/mol. The number of para-hydroxylation sites is 1. The number of piperidine rings is 1. The highest BCUT2D eigenvalue weighted by Crippen LogP contribution is 2.38. The fourth-order valence-electron chi connectivity index (χ4n) is 5.37. The molecule has 2 aromatic rings. The summed E-state index contributed by atoms with van der Waals surface area (Å²) in [5.41, 5.74) is 2.30. The molecule has 0 aromatic heterocycles. The molecule has 0 unspecified atom stereocenters. The molecule has 0 radical (unpaired) electrons. The zero-order chi connectivity index (χ0) is 23.3. The molecule has 0 bridgehead atoms. The molecule has 33 heavy (non-hydrogen) atoms. The van der Waals surface area contributed by atoms with Crippen LogP contribution in [0.2, 0.25) is 0 Å². The average molecular weight is 449 g/mol. The molecule has 176 valence electrons. The van der Waals surface area contributed by atoms with Crippen molar-refractivity contribution in [2.24, 2.45) is 5.41 Å². The summed E-state index contributed by atoms with van der Waals surface area (Å²) in [5.74, 6) is 1.05. The smallest absolute Gasteiger partial charge is 0.263 e. The molecule has 1 saturated heterocycles. The molecule has 2 aliphatic rings. The Bertz CT molecular complexity index is 951. The number of benzene rings is 2. The first kappa shape index (κ1) is 23.3. The minimum atomic E-state index is -0.514.